The van der Waals surface area contributed by atoms with Gasteiger partial charge in [0.1, 0.15) is 0 Å². The first-order valence-electron chi connectivity index (χ1n) is 8.50. The van der Waals surface area contributed by atoms with E-state index in [1.54, 1.807) is 0 Å². The molecule has 1 aliphatic carbocycles. The Labute approximate surface area is 137 Å². The molecular weight excluding hydrogens is 324 g/mol. The normalized spacial score (nSPS) is 26.7. The van der Waals surface area contributed by atoms with E-state index in [1.807, 2.05) is 0 Å². The fourth-order valence-electron chi connectivity index (χ4n) is 4.19. The third-order valence-corrected chi connectivity index (χ3v) is 5.99. The first kappa shape index (κ1) is 15.4. The molecular formula is C18H27BrN2. The molecule has 3 rings (SSSR count). The lowest BCUT2D eigenvalue weighted by atomic mass is 9.85. The zero-order valence-corrected chi connectivity index (χ0v) is 14.8. The van der Waals surface area contributed by atoms with Crippen LogP contribution in [0.4, 0.5) is 5.69 Å². The number of hydrogen-bond donors (Lipinski definition) is 1. The van der Waals surface area contributed by atoms with Crippen LogP contribution in [0.1, 0.15) is 57.6 Å². The van der Waals surface area contributed by atoms with Crippen LogP contribution in [0, 0.1) is 5.92 Å². The highest BCUT2D eigenvalue weighted by Crippen LogP contribution is 2.40. The molecule has 21 heavy (non-hydrogen) atoms. The van der Waals surface area contributed by atoms with E-state index in [9.17, 15) is 0 Å². The van der Waals surface area contributed by atoms with Crippen LogP contribution in [0.5, 0.6) is 0 Å². The van der Waals surface area contributed by atoms with Crippen LogP contribution in [0.15, 0.2) is 22.7 Å². The molecule has 3 unspecified atom stereocenters. The molecule has 1 aromatic rings. The minimum absolute atomic E-state index is 0.402. The second-order valence-electron chi connectivity index (χ2n) is 6.58. The Balaban J connectivity index is 1.79. The molecule has 3 heteroatoms. The lowest BCUT2D eigenvalue weighted by Crippen LogP contribution is -2.34. The van der Waals surface area contributed by atoms with Gasteiger partial charge in [0.15, 0.2) is 0 Å². The summed E-state index contributed by atoms with van der Waals surface area (Å²) in [5.74, 6) is 0.942. The van der Waals surface area contributed by atoms with E-state index < -0.39 is 0 Å². The Bertz CT molecular complexity index is 488. The minimum atomic E-state index is 0.402. The van der Waals surface area contributed by atoms with Gasteiger partial charge in [-0.15, -0.1) is 0 Å². The molecule has 1 aromatic carbocycles. The summed E-state index contributed by atoms with van der Waals surface area (Å²) in [7, 11) is 0. The van der Waals surface area contributed by atoms with E-state index in [4.69, 9.17) is 0 Å². The third-order valence-electron chi connectivity index (χ3n) is 5.30. The molecule has 2 nitrogen and oxygen atoms in total. The molecule has 1 saturated heterocycles. The molecule has 1 heterocycles. The van der Waals surface area contributed by atoms with Crippen LogP contribution in [0.25, 0.3) is 0 Å². The van der Waals surface area contributed by atoms with Crippen molar-refractivity contribution in [3.8, 4) is 0 Å². The third kappa shape index (κ3) is 3.14. The molecule has 0 spiro atoms. The maximum atomic E-state index is 3.79. The predicted octanol–water partition coefficient (Wildman–Crippen LogP) is 4.89. The highest BCUT2D eigenvalue weighted by atomic mass is 79.9. The van der Waals surface area contributed by atoms with Crippen molar-refractivity contribution in [1.82, 2.24) is 5.32 Å². The summed E-state index contributed by atoms with van der Waals surface area (Å²) in [5, 5.41) is 3.49. The van der Waals surface area contributed by atoms with Gasteiger partial charge in [-0.1, -0.05) is 41.8 Å². The number of anilines is 1. The van der Waals surface area contributed by atoms with Gasteiger partial charge in [0.05, 0.1) is 0 Å². The zero-order valence-electron chi connectivity index (χ0n) is 13.2. The maximum absolute atomic E-state index is 3.79. The second kappa shape index (κ2) is 6.70. The summed E-state index contributed by atoms with van der Waals surface area (Å²) in [6, 6.07) is 8.15. The summed E-state index contributed by atoms with van der Waals surface area (Å²) in [6.45, 7) is 6.64. The van der Waals surface area contributed by atoms with Gasteiger partial charge in [0.2, 0.25) is 0 Å². The van der Waals surface area contributed by atoms with Crippen LogP contribution in [0.3, 0.4) is 0 Å². The molecule has 0 bridgehead atoms. The van der Waals surface area contributed by atoms with E-state index in [2.05, 4.69) is 58.2 Å². The number of benzene rings is 1. The highest BCUT2D eigenvalue weighted by molar-refractivity contribution is 9.10. The maximum Gasteiger partial charge on any atom is 0.0380 e. The first-order valence-corrected chi connectivity index (χ1v) is 9.29. The Morgan fingerprint density at radius 3 is 2.86 bits per heavy atom. The fourth-order valence-corrected chi connectivity index (χ4v) is 4.90. The van der Waals surface area contributed by atoms with E-state index >= 15 is 0 Å². The van der Waals surface area contributed by atoms with Crippen molar-refractivity contribution in [2.24, 2.45) is 5.92 Å². The Hall–Kier alpha value is -0.540. The number of hydrogen-bond acceptors (Lipinski definition) is 2. The van der Waals surface area contributed by atoms with Crippen molar-refractivity contribution in [3.63, 3.8) is 0 Å². The van der Waals surface area contributed by atoms with E-state index in [0.717, 1.165) is 18.5 Å². The van der Waals surface area contributed by atoms with Crippen LogP contribution < -0.4 is 10.2 Å². The lowest BCUT2D eigenvalue weighted by Gasteiger charge is -2.33. The molecule has 0 radical (unpaired) electrons. The topological polar surface area (TPSA) is 15.3 Å². The highest BCUT2D eigenvalue weighted by Gasteiger charge is 2.35. The quantitative estimate of drug-likeness (QED) is 0.831. The molecule has 116 valence electrons. The van der Waals surface area contributed by atoms with Gasteiger partial charge in [-0.3, -0.25) is 0 Å². The first-order chi connectivity index (χ1) is 10.2. The van der Waals surface area contributed by atoms with Crippen LogP contribution in [0.2, 0.25) is 0 Å². The Morgan fingerprint density at radius 2 is 2.10 bits per heavy atom. The van der Waals surface area contributed by atoms with E-state index in [1.165, 1.54) is 54.4 Å². The van der Waals surface area contributed by atoms with Crippen molar-refractivity contribution >= 4 is 21.6 Å². The summed E-state index contributed by atoms with van der Waals surface area (Å²) < 4.78 is 1.24. The number of nitrogens with one attached hydrogen (secondary N) is 1. The van der Waals surface area contributed by atoms with Crippen molar-refractivity contribution in [2.75, 3.05) is 18.0 Å². The number of fused-ring (bicyclic) bond motifs is 1. The van der Waals surface area contributed by atoms with Gasteiger partial charge in [0.25, 0.3) is 0 Å². The standard InChI is InChI=1S/C18H27BrN2/c1-3-20-13(2)16-9-8-15(12-17(16)19)21-11-10-14-6-4-5-7-18(14)21/h8-9,12-14,18,20H,3-7,10-11H2,1-2H3. The van der Waals surface area contributed by atoms with Crippen molar-refractivity contribution in [1.29, 1.82) is 0 Å². The molecule has 2 aliphatic rings. The molecule has 2 fully saturated rings. The van der Waals surface area contributed by atoms with Crippen molar-refractivity contribution < 1.29 is 0 Å². The minimum Gasteiger partial charge on any atom is -0.368 e. The summed E-state index contributed by atoms with van der Waals surface area (Å²) in [6.07, 6.45) is 7.07. The molecule has 1 saturated carbocycles. The van der Waals surface area contributed by atoms with Gasteiger partial charge in [-0.2, -0.15) is 0 Å². The molecule has 0 amide bonds. The SMILES string of the molecule is CCNC(C)c1ccc(N2CCC3CCCCC32)cc1Br. The summed E-state index contributed by atoms with van der Waals surface area (Å²) in [4.78, 5) is 2.66. The smallest absolute Gasteiger partial charge is 0.0380 e. The average Bonchev–Trinajstić information content (AvgIpc) is 2.91. The fraction of sp³-hybridized carbons (Fsp3) is 0.667. The Kier molecular flexibility index (Phi) is 4.90. The Morgan fingerprint density at radius 1 is 1.29 bits per heavy atom. The largest absolute Gasteiger partial charge is 0.368 e. The molecule has 1 N–H and O–H groups in total. The number of halogens is 1. The lowest BCUT2D eigenvalue weighted by molar-refractivity contribution is 0.342. The van der Waals surface area contributed by atoms with Gasteiger partial charge >= 0.3 is 0 Å². The van der Waals surface area contributed by atoms with E-state index in [-0.39, 0.29) is 0 Å². The second-order valence-corrected chi connectivity index (χ2v) is 7.43. The van der Waals surface area contributed by atoms with Crippen molar-refractivity contribution in [3.05, 3.63) is 28.2 Å². The van der Waals surface area contributed by atoms with Crippen LogP contribution >= 0.6 is 15.9 Å². The summed E-state index contributed by atoms with van der Waals surface area (Å²) in [5.41, 5.74) is 2.77. The zero-order chi connectivity index (χ0) is 14.8. The molecule has 0 aromatic heterocycles. The molecule has 3 atom stereocenters. The van der Waals surface area contributed by atoms with Crippen LogP contribution in [-0.2, 0) is 0 Å². The molecule has 1 aliphatic heterocycles. The number of nitrogens with zero attached hydrogens (tertiary/aromatic N) is 1. The number of rotatable bonds is 4. The van der Waals surface area contributed by atoms with Gasteiger partial charge in [-0.25, -0.2) is 0 Å². The van der Waals surface area contributed by atoms with Gasteiger partial charge < -0.3 is 10.2 Å². The van der Waals surface area contributed by atoms with E-state index in [0.29, 0.717) is 6.04 Å². The van der Waals surface area contributed by atoms with Gasteiger partial charge in [-0.05, 0) is 56.3 Å². The van der Waals surface area contributed by atoms with Crippen LogP contribution in [-0.4, -0.2) is 19.1 Å². The van der Waals surface area contributed by atoms with Crippen molar-refractivity contribution in [2.45, 2.75) is 58.0 Å². The summed E-state index contributed by atoms with van der Waals surface area (Å²) >= 11 is 3.79. The predicted molar refractivity (Wildman–Crippen MR) is 93.9 cm³/mol. The average molecular weight is 351 g/mol. The monoisotopic (exact) mass is 350 g/mol. The van der Waals surface area contributed by atoms with Gasteiger partial charge in [0, 0.05) is 28.8 Å².